The van der Waals surface area contributed by atoms with Crippen molar-refractivity contribution in [3.63, 3.8) is 0 Å². The monoisotopic (exact) mass is 305 g/mol. The average molecular weight is 305 g/mol. The number of hydrogen-bond acceptors (Lipinski definition) is 2. The Bertz CT molecular complexity index is 899. The van der Waals surface area contributed by atoms with Crippen LogP contribution in [-0.2, 0) is 12.8 Å². The fourth-order valence-corrected chi connectivity index (χ4v) is 4.25. The molecule has 0 spiro atoms. The molecule has 0 fully saturated rings. The summed E-state index contributed by atoms with van der Waals surface area (Å²) in [6.07, 6.45) is 10.8. The summed E-state index contributed by atoms with van der Waals surface area (Å²) in [7, 11) is 0. The minimum atomic E-state index is -0.185. The second kappa shape index (κ2) is 4.75. The van der Waals surface area contributed by atoms with Crippen LogP contribution < -0.4 is 0 Å². The van der Waals surface area contributed by atoms with Gasteiger partial charge in [-0.05, 0) is 60.1 Å². The summed E-state index contributed by atoms with van der Waals surface area (Å²) in [6.45, 7) is 0. The molecule has 1 aliphatic heterocycles. The largest absolute Gasteiger partial charge is 0.323 e. The lowest BCUT2D eigenvalue weighted by Crippen LogP contribution is -2.24. The predicted octanol–water partition coefficient (Wildman–Crippen LogP) is 3.79. The number of hydrogen-bond donors (Lipinski definition) is 0. The van der Waals surface area contributed by atoms with Gasteiger partial charge in [-0.2, -0.15) is 0 Å². The highest BCUT2D eigenvalue weighted by Gasteiger charge is 2.36. The molecule has 0 radical (unpaired) electrons. The minimum Gasteiger partial charge on any atom is -0.323 e. The van der Waals surface area contributed by atoms with Crippen LogP contribution >= 0.6 is 0 Å². The first kappa shape index (κ1) is 13.0. The number of nitrogens with zero attached hydrogens (tertiary/aromatic N) is 3. The van der Waals surface area contributed by atoms with Crippen molar-refractivity contribution in [2.75, 3.05) is 0 Å². The van der Waals surface area contributed by atoms with Crippen molar-refractivity contribution in [2.45, 2.75) is 25.3 Å². The Balaban J connectivity index is 1.60. The molecule has 1 aliphatic carbocycles. The van der Waals surface area contributed by atoms with E-state index in [2.05, 4.69) is 20.6 Å². The zero-order valence-electron chi connectivity index (χ0n) is 12.6. The molecule has 2 unspecified atom stereocenters. The van der Waals surface area contributed by atoms with Crippen molar-refractivity contribution >= 4 is 0 Å². The third-order valence-electron chi connectivity index (χ3n) is 5.29. The third-order valence-corrected chi connectivity index (χ3v) is 5.29. The van der Waals surface area contributed by atoms with Crippen LogP contribution in [0.5, 0.6) is 0 Å². The van der Waals surface area contributed by atoms with Crippen molar-refractivity contribution in [1.29, 1.82) is 0 Å². The van der Waals surface area contributed by atoms with E-state index in [0.717, 1.165) is 30.5 Å². The molecule has 3 heterocycles. The quantitative estimate of drug-likeness (QED) is 0.685. The van der Waals surface area contributed by atoms with E-state index in [-0.39, 0.29) is 11.9 Å². The summed E-state index contributed by atoms with van der Waals surface area (Å²) in [5, 5.41) is 0. The first-order valence-electron chi connectivity index (χ1n) is 8.04. The highest BCUT2D eigenvalue weighted by atomic mass is 19.1. The van der Waals surface area contributed by atoms with Gasteiger partial charge in [-0.3, -0.25) is 4.98 Å². The topological polar surface area (TPSA) is 30.7 Å². The Morgan fingerprint density at radius 1 is 1.09 bits per heavy atom. The zero-order valence-corrected chi connectivity index (χ0v) is 12.6. The van der Waals surface area contributed by atoms with Crippen LogP contribution in [0.2, 0.25) is 0 Å². The predicted molar refractivity (Wildman–Crippen MR) is 85.5 cm³/mol. The molecule has 0 N–H and O–H groups in total. The number of pyridine rings is 1. The molecule has 0 saturated carbocycles. The Kier molecular flexibility index (Phi) is 2.68. The van der Waals surface area contributed by atoms with Gasteiger partial charge < -0.3 is 4.57 Å². The molecule has 5 rings (SSSR count). The van der Waals surface area contributed by atoms with E-state index in [1.807, 2.05) is 31.0 Å². The molecule has 1 aromatic carbocycles. The second-order valence-electron chi connectivity index (χ2n) is 6.51. The van der Waals surface area contributed by atoms with Crippen LogP contribution in [0.3, 0.4) is 0 Å². The number of rotatable bonds is 1. The molecular formula is C19H16FN3. The number of benzene rings is 1. The number of aryl methyl sites for hydroxylation is 1. The zero-order chi connectivity index (χ0) is 15.4. The summed E-state index contributed by atoms with van der Waals surface area (Å²) < 4.78 is 15.9. The summed E-state index contributed by atoms with van der Waals surface area (Å²) in [6, 6.07) is 7.54. The van der Waals surface area contributed by atoms with Gasteiger partial charge in [-0.1, -0.05) is 6.07 Å². The van der Waals surface area contributed by atoms with Gasteiger partial charge in [-0.15, -0.1) is 0 Å². The fraction of sp³-hybridized carbons (Fsp3) is 0.263. The molecule has 0 bridgehead atoms. The molecule has 3 nitrogen and oxygen atoms in total. The van der Waals surface area contributed by atoms with Crippen molar-refractivity contribution in [1.82, 2.24) is 14.5 Å². The number of halogens is 1. The van der Waals surface area contributed by atoms with Gasteiger partial charge in [0.25, 0.3) is 0 Å². The Morgan fingerprint density at radius 2 is 2.04 bits per heavy atom. The Hall–Kier alpha value is -2.49. The number of aromatic nitrogens is 3. The van der Waals surface area contributed by atoms with Crippen LogP contribution in [-0.4, -0.2) is 14.5 Å². The van der Waals surface area contributed by atoms with Crippen LogP contribution in [0.1, 0.15) is 29.2 Å². The minimum absolute atomic E-state index is 0.185. The van der Waals surface area contributed by atoms with Gasteiger partial charge >= 0.3 is 0 Å². The van der Waals surface area contributed by atoms with Crippen molar-refractivity contribution in [3.8, 4) is 11.3 Å². The summed E-state index contributed by atoms with van der Waals surface area (Å²) >= 11 is 0. The molecule has 2 aromatic heterocycles. The second-order valence-corrected chi connectivity index (χ2v) is 6.51. The van der Waals surface area contributed by atoms with Gasteiger partial charge in [0.2, 0.25) is 0 Å². The smallest absolute Gasteiger partial charge is 0.123 e. The van der Waals surface area contributed by atoms with E-state index in [4.69, 9.17) is 0 Å². The van der Waals surface area contributed by atoms with Crippen molar-refractivity contribution in [3.05, 3.63) is 71.7 Å². The van der Waals surface area contributed by atoms with Crippen LogP contribution in [0.15, 0.2) is 49.2 Å². The first-order valence-corrected chi connectivity index (χ1v) is 8.04. The van der Waals surface area contributed by atoms with E-state index in [0.29, 0.717) is 5.92 Å². The molecule has 23 heavy (non-hydrogen) atoms. The molecule has 3 aromatic rings. The maximum Gasteiger partial charge on any atom is 0.123 e. The maximum absolute atomic E-state index is 13.7. The maximum atomic E-state index is 13.7. The van der Waals surface area contributed by atoms with E-state index in [1.165, 1.54) is 16.7 Å². The van der Waals surface area contributed by atoms with Crippen LogP contribution in [0, 0.1) is 11.7 Å². The lowest BCUT2D eigenvalue weighted by Gasteiger charge is -2.30. The highest BCUT2D eigenvalue weighted by Crippen LogP contribution is 2.46. The molecular weight excluding hydrogens is 289 g/mol. The first-order chi connectivity index (χ1) is 11.3. The van der Waals surface area contributed by atoms with Gasteiger partial charge in [0, 0.05) is 18.0 Å². The molecule has 0 amide bonds. The van der Waals surface area contributed by atoms with Gasteiger partial charge in [0.15, 0.2) is 0 Å². The van der Waals surface area contributed by atoms with E-state index >= 15 is 0 Å². The lowest BCUT2D eigenvalue weighted by molar-refractivity contribution is 0.347. The molecule has 4 heteroatoms. The summed E-state index contributed by atoms with van der Waals surface area (Å²) in [4.78, 5) is 8.57. The molecule has 0 saturated heterocycles. The molecule has 2 atom stereocenters. The van der Waals surface area contributed by atoms with E-state index in [9.17, 15) is 4.39 Å². The Morgan fingerprint density at radius 3 is 3.00 bits per heavy atom. The average Bonchev–Trinajstić information content (AvgIpc) is 3.15. The molecule has 114 valence electrons. The van der Waals surface area contributed by atoms with Crippen LogP contribution in [0.25, 0.3) is 11.3 Å². The van der Waals surface area contributed by atoms with Crippen LogP contribution in [0.4, 0.5) is 4.39 Å². The summed E-state index contributed by atoms with van der Waals surface area (Å²) in [5.74, 6) is 0.307. The van der Waals surface area contributed by atoms with E-state index < -0.39 is 0 Å². The van der Waals surface area contributed by atoms with E-state index in [1.54, 1.807) is 12.1 Å². The lowest BCUT2D eigenvalue weighted by atomic mass is 9.78. The standard InChI is InChI=1S/C19H16FN3/c20-15-3-4-16-17(8-15)18-10-22-11-23(18)19(16)13-2-1-12-5-6-21-9-14(12)7-13/h3-6,8-11,13,19H,1-2,7H2. The van der Waals surface area contributed by atoms with Gasteiger partial charge in [-0.25, -0.2) is 9.37 Å². The normalized spacial score (nSPS) is 21.6. The highest BCUT2D eigenvalue weighted by molar-refractivity contribution is 5.69. The van der Waals surface area contributed by atoms with Crippen molar-refractivity contribution in [2.24, 2.45) is 5.92 Å². The number of imidazole rings is 1. The van der Waals surface area contributed by atoms with Crippen molar-refractivity contribution < 1.29 is 4.39 Å². The SMILES string of the molecule is Fc1ccc2c(c1)-c1cncn1C2C1CCc2ccncc2C1. The van der Waals surface area contributed by atoms with Gasteiger partial charge in [0.05, 0.1) is 24.3 Å². The van der Waals surface area contributed by atoms with Gasteiger partial charge in [0.1, 0.15) is 5.82 Å². The Labute approximate surface area is 133 Å². The third kappa shape index (κ3) is 1.87. The molecule has 2 aliphatic rings. The fourth-order valence-electron chi connectivity index (χ4n) is 4.25. The number of fused-ring (bicyclic) bond motifs is 4. The summed E-state index contributed by atoms with van der Waals surface area (Å²) in [5.41, 5.74) is 6.01.